The van der Waals surface area contributed by atoms with Crippen molar-refractivity contribution in [3.63, 3.8) is 0 Å². The van der Waals surface area contributed by atoms with Crippen LogP contribution >= 0.6 is 11.6 Å². The van der Waals surface area contributed by atoms with E-state index in [-0.39, 0.29) is 10.6 Å². The summed E-state index contributed by atoms with van der Waals surface area (Å²) in [5.74, 6) is 0.960. The highest BCUT2D eigenvalue weighted by molar-refractivity contribution is 6.74. The van der Waals surface area contributed by atoms with E-state index >= 15 is 0 Å². The number of H-pyrrole nitrogens is 1. The molecular weight excluding hydrogens is 464 g/mol. The van der Waals surface area contributed by atoms with Gasteiger partial charge in [0.2, 0.25) is 0 Å². The molecule has 0 amide bonds. The Morgan fingerprint density at radius 3 is 2.47 bits per heavy atom. The largest absolute Gasteiger partial charge is 0.416 e. The number of aromatic nitrogens is 2. The number of aromatic amines is 1. The molecule has 1 N–H and O–H groups in total. The lowest BCUT2D eigenvalue weighted by molar-refractivity contribution is 0.190. The number of anilines is 1. The second kappa shape index (κ2) is 9.82. The van der Waals surface area contributed by atoms with Gasteiger partial charge in [0, 0.05) is 66.9 Å². The molecule has 1 fully saturated rings. The summed E-state index contributed by atoms with van der Waals surface area (Å²) in [7, 11) is -1.69. The molecule has 0 radical (unpaired) electrons. The molecule has 3 heterocycles. The van der Waals surface area contributed by atoms with E-state index in [2.05, 4.69) is 48.6 Å². The highest BCUT2D eigenvalue weighted by Crippen LogP contribution is 2.36. The average Bonchev–Trinajstić information content (AvgIpc) is 2.79. The zero-order valence-corrected chi connectivity index (χ0v) is 22.6. The van der Waals surface area contributed by atoms with Gasteiger partial charge in [-0.25, -0.2) is 4.98 Å². The van der Waals surface area contributed by atoms with Crippen LogP contribution in [0.4, 0.5) is 5.82 Å². The topological polar surface area (TPSA) is 61.5 Å². The zero-order chi connectivity index (χ0) is 24.5. The lowest BCUT2D eigenvalue weighted by Crippen LogP contribution is -2.49. The van der Waals surface area contributed by atoms with Gasteiger partial charge >= 0.3 is 0 Å². The Balaban J connectivity index is 1.35. The van der Waals surface area contributed by atoms with Gasteiger partial charge in [0.1, 0.15) is 5.82 Å². The quantitative estimate of drug-likeness (QED) is 0.462. The van der Waals surface area contributed by atoms with Gasteiger partial charge < -0.3 is 14.3 Å². The summed E-state index contributed by atoms with van der Waals surface area (Å²) in [6.45, 7) is 17.1. The number of nitrogens with zero attached hydrogens (tertiary/aromatic N) is 3. The molecule has 1 aliphatic heterocycles. The number of hydrogen-bond donors (Lipinski definition) is 1. The lowest BCUT2D eigenvalue weighted by atomic mass is 10.1. The fraction of sp³-hybridized carbons (Fsp3) is 0.462. The molecule has 182 valence electrons. The van der Waals surface area contributed by atoms with Gasteiger partial charge in [0.05, 0.1) is 5.69 Å². The summed E-state index contributed by atoms with van der Waals surface area (Å²) in [5.41, 5.74) is 1.44. The van der Waals surface area contributed by atoms with Crippen molar-refractivity contribution >= 4 is 36.5 Å². The molecular formula is C26H35ClN4O2Si. The Kier molecular flexibility index (Phi) is 7.19. The van der Waals surface area contributed by atoms with Crippen molar-refractivity contribution in [1.29, 1.82) is 0 Å². The smallest absolute Gasteiger partial charge is 0.256 e. The number of hydrogen-bond acceptors (Lipinski definition) is 5. The number of benzene rings is 1. The Morgan fingerprint density at radius 2 is 1.82 bits per heavy atom. The molecule has 0 aliphatic carbocycles. The molecule has 1 saturated heterocycles. The van der Waals surface area contributed by atoms with E-state index in [1.807, 2.05) is 24.4 Å². The van der Waals surface area contributed by atoms with Gasteiger partial charge in [0.25, 0.3) is 5.56 Å². The summed E-state index contributed by atoms with van der Waals surface area (Å²) < 4.78 is 6.34. The first-order valence-electron chi connectivity index (χ1n) is 11.9. The summed E-state index contributed by atoms with van der Waals surface area (Å²) >= 11 is 6.32. The van der Waals surface area contributed by atoms with Crippen molar-refractivity contribution in [2.24, 2.45) is 0 Å². The average molecular weight is 499 g/mol. The lowest BCUT2D eigenvalue weighted by Gasteiger charge is -2.38. The molecule has 1 aromatic carbocycles. The number of nitrogens with one attached hydrogen (secondary N) is 1. The maximum Gasteiger partial charge on any atom is 0.256 e. The van der Waals surface area contributed by atoms with E-state index in [9.17, 15) is 4.79 Å². The number of halogens is 1. The van der Waals surface area contributed by atoms with E-state index in [4.69, 9.17) is 21.0 Å². The summed E-state index contributed by atoms with van der Waals surface area (Å²) in [6, 6.07) is 11.3. The van der Waals surface area contributed by atoms with Crippen LogP contribution in [-0.4, -0.2) is 62.5 Å². The van der Waals surface area contributed by atoms with E-state index in [1.54, 1.807) is 18.2 Å². The van der Waals surface area contributed by atoms with Crippen LogP contribution < -0.4 is 10.5 Å². The van der Waals surface area contributed by atoms with Crippen molar-refractivity contribution in [1.82, 2.24) is 14.9 Å². The molecule has 34 heavy (non-hydrogen) atoms. The van der Waals surface area contributed by atoms with Crippen LogP contribution in [0.3, 0.4) is 0 Å². The van der Waals surface area contributed by atoms with E-state index in [0.29, 0.717) is 10.4 Å². The zero-order valence-electron chi connectivity index (χ0n) is 20.8. The highest BCUT2D eigenvalue weighted by Gasteiger charge is 2.37. The molecule has 0 spiro atoms. The van der Waals surface area contributed by atoms with Crippen LogP contribution in [0.1, 0.15) is 20.8 Å². The molecule has 0 atom stereocenters. The maximum atomic E-state index is 12.5. The normalized spacial score (nSPS) is 15.8. The summed E-state index contributed by atoms with van der Waals surface area (Å²) in [6.07, 6.45) is 1.82. The van der Waals surface area contributed by atoms with Gasteiger partial charge in [-0.05, 0) is 48.5 Å². The predicted molar refractivity (Wildman–Crippen MR) is 145 cm³/mol. The Labute approximate surface area is 208 Å². The van der Waals surface area contributed by atoms with Gasteiger partial charge in [0.15, 0.2) is 8.32 Å². The Morgan fingerprint density at radius 1 is 1.09 bits per heavy atom. The maximum absolute atomic E-state index is 12.5. The predicted octanol–water partition coefficient (Wildman–Crippen LogP) is 5.39. The first-order chi connectivity index (χ1) is 16.0. The van der Waals surface area contributed by atoms with Crippen LogP contribution in [-0.2, 0) is 4.43 Å². The molecule has 8 heteroatoms. The van der Waals surface area contributed by atoms with Crippen molar-refractivity contribution < 1.29 is 4.43 Å². The molecule has 1 aliphatic rings. The van der Waals surface area contributed by atoms with Crippen LogP contribution in [0.5, 0.6) is 0 Å². The standard InChI is InChI=1S/C26H35ClN4O2Si/c1-26(2,3)34(4,5)33-16-15-30-11-13-31(14-12-30)24-10-9-19(18-28-24)23-17-21-20(25(32)29-23)7-6-8-22(21)27/h6-10,17-18H,11-16H2,1-5H3,(H,29,32). The van der Waals surface area contributed by atoms with Gasteiger partial charge in [-0.3, -0.25) is 9.69 Å². The van der Waals surface area contributed by atoms with Crippen LogP contribution in [0.15, 0.2) is 47.4 Å². The second-order valence-corrected chi connectivity index (χ2v) is 15.8. The molecule has 0 unspecified atom stereocenters. The van der Waals surface area contributed by atoms with Crippen molar-refractivity contribution in [2.45, 2.75) is 38.9 Å². The molecule has 6 nitrogen and oxygen atoms in total. The van der Waals surface area contributed by atoms with Crippen LogP contribution in [0.2, 0.25) is 23.2 Å². The fourth-order valence-electron chi connectivity index (χ4n) is 3.99. The summed E-state index contributed by atoms with van der Waals surface area (Å²) in [4.78, 5) is 24.9. The molecule has 2 aromatic heterocycles. The summed E-state index contributed by atoms with van der Waals surface area (Å²) in [5, 5.41) is 2.16. The highest BCUT2D eigenvalue weighted by atomic mass is 35.5. The minimum absolute atomic E-state index is 0.146. The van der Waals surface area contributed by atoms with Gasteiger partial charge in [-0.15, -0.1) is 0 Å². The van der Waals surface area contributed by atoms with Crippen molar-refractivity contribution in [2.75, 3.05) is 44.2 Å². The van der Waals surface area contributed by atoms with E-state index in [1.165, 1.54) is 0 Å². The third kappa shape index (κ3) is 5.38. The van der Waals surface area contributed by atoms with Crippen molar-refractivity contribution in [3.05, 3.63) is 58.0 Å². The molecule has 3 aromatic rings. The van der Waals surface area contributed by atoms with E-state index < -0.39 is 8.32 Å². The Hall–Kier alpha value is -2.19. The van der Waals surface area contributed by atoms with Crippen LogP contribution in [0.25, 0.3) is 22.0 Å². The number of pyridine rings is 2. The molecule has 4 rings (SSSR count). The number of rotatable bonds is 6. The minimum Gasteiger partial charge on any atom is -0.416 e. The minimum atomic E-state index is -1.69. The SMILES string of the molecule is CC(C)(C)[Si](C)(C)OCCN1CCN(c2ccc(-c3cc4c(Cl)cccc4c(=O)[nH]3)cn2)CC1. The third-order valence-electron chi connectivity index (χ3n) is 7.27. The number of fused-ring (bicyclic) bond motifs is 1. The monoisotopic (exact) mass is 498 g/mol. The van der Waals surface area contributed by atoms with E-state index in [0.717, 1.165) is 61.8 Å². The first-order valence-corrected chi connectivity index (χ1v) is 15.2. The van der Waals surface area contributed by atoms with Crippen molar-refractivity contribution in [3.8, 4) is 11.3 Å². The van der Waals surface area contributed by atoms with Gasteiger partial charge in [-0.2, -0.15) is 0 Å². The molecule has 0 saturated carbocycles. The number of piperazine rings is 1. The fourth-order valence-corrected chi connectivity index (χ4v) is 5.25. The second-order valence-electron chi connectivity index (χ2n) is 10.6. The first kappa shape index (κ1) is 24.9. The molecule has 0 bridgehead atoms. The third-order valence-corrected chi connectivity index (χ3v) is 12.1. The van der Waals surface area contributed by atoms with Gasteiger partial charge in [-0.1, -0.05) is 38.4 Å². The van der Waals surface area contributed by atoms with Crippen LogP contribution in [0, 0.1) is 0 Å². The Bertz CT molecular complexity index is 1200.